The van der Waals surface area contributed by atoms with Crippen molar-refractivity contribution in [1.29, 1.82) is 0 Å². The molecular weight excluding hydrogens is 314 g/mol. The Morgan fingerprint density at radius 2 is 1.80 bits per heavy atom. The van der Waals surface area contributed by atoms with Gasteiger partial charge in [0.25, 0.3) is 0 Å². The van der Waals surface area contributed by atoms with Crippen molar-refractivity contribution >= 4 is 5.91 Å². The molecular formula is C20H29N3O2. The Bertz CT molecular complexity index is 597. The van der Waals surface area contributed by atoms with Crippen LogP contribution in [0.15, 0.2) is 24.3 Å². The summed E-state index contributed by atoms with van der Waals surface area (Å²) in [5, 5.41) is 0. The number of hydrogen-bond acceptors (Lipinski definition) is 4. The van der Waals surface area contributed by atoms with Crippen molar-refractivity contribution < 1.29 is 9.53 Å². The fourth-order valence-electron chi connectivity index (χ4n) is 4.50. The largest absolute Gasteiger partial charge is 0.379 e. The third kappa shape index (κ3) is 3.73. The van der Waals surface area contributed by atoms with Gasteiger partial charge >= 0.3 is 0 Å². The minimum absolute atomic E-state index is 0.344. The molecule has 3 aliphatic heterocycles. The van der Waals surface area contributed by atoms with Crippen molar-refractivity contribution in [2.24, 2.45) is 0 Å². The van der Waals surface area contributed by atoms with Crippen LogP contribution in [-0.4, -0.2) is 78.6 Å². The summed E-state index contributed by atoms with van der Waals surface area (Å²) >= 11 is 0. The fourth-order valence-corrected chi connectivity index (χ4v) is 4.50. The number of aryl methyl sites for hydroxylation is 1. The highest BCUT2D eigenvalue weighted by molar-refractivity contribution is 5.80. The molecule has 25 heavy (non-hydrogen) atoms. The predicted molar refractivity (Wildman–Crippen MR) is 97.4 cm³/mol. The molecule has 5 nitrogen and oxygen atoms in total. The lowest BCUT2D eigenvalue weighted by atomic mass is 10.1. The molecule has 2 atom stereocenters. The van der Waals surface area contributed by atoms with Crippen LogP contribution in [0.4, 0.5) is 0 Å². The van der Waals surface area contributed by atoms with Crippen LogP contribution in [0.3, 0.4) is 0 Å². The first-order chi connectivity index (χ1) is 12.2. The molecule has 3 heterocycles. The van der Waals surface area contributed by atoms with Crippen molar-refractivity contribution in [3.63, 3.8) is 0 Å². The Kier molecular flexibility index (Phi) is 5.06. The zero-order valence-electron chi connectivity index (χ0n) is 15.2. The Labute approximate surface area is 150 Å². The van der Waals surface area contributed by atoms with E-state index in [-0.39, 0.29) is 0 Å². The van der Waals surface area contributed by atoms with E-state index in [2.05, 4.69) is 45.9 Å². The van der Waals surface area contributed by atoms with E-state index in [0.717, 1.165) is 58.9 Å². The Morgan fingerprint density at radius 3 is 2.56 bits per heavy atom. The van der Waals surface area contributed by atoms with Gasteiger partial charge in [0.15, 0.2) is 0 Å². The highest BCUT2D eigenvalue weighted by Gasteiger charge is 2.46. The molecule has 0 aromatic heterocycles. The van der Waals surface area contributed by atoms with Crippen molar-refractivity contribution in [1.82, 2.24) is 14.7 Å². The van der Waals surface area contributed by atoms with Crippen molar-refractivity contribution in [2.45, 2.75) is 38.4 Å². The molecule has 1 amide bonds. The number of carbonyl (C=O) groups is 1. The minimum Gasteiger partial charge on any atom is -0.379 e. The number of hydrogen-bond donors (Lipinski definition) is 0. The normalized spacial score (nSPS) is 27.9. The molecule has 0 N–H and O–H groups in total. The molecule has 0 aliphatic carbocycles. The number of ether oxygens (including phenoxy) is 1. The maximum absolute atomic E-state index is 12.6. The van der Waals surface area contributed by atoms with Crippen LogP contribution >= 0.6 is 0 Å². The standard InChI is InChI=1S/C20H29N3O2/c1-16-2-4-17(5-3-16)15-22-7-6-18-19(22)14-20(24)23(18)9-8-21-10-12-25-13-11-21/h2-5,18-19H,6-15H2,1H3. The van der Waals surface area contributed by atoms with E-state index >= 15 is 0 Å². The molecule has 136 valence electrons. The van der Waals surface area contributed by atoms with Crippen LogP contribution in [0, 0.1) is 6.92 Å². The molecule has 4 rings (SSSR count). The van der Waals surface area contributed by atoms with Gasteiger partial charge in [0, 0.05) is 57.8 Å². The molecule has 3 saturated heterocycles. The summed E-state index contributed by atoms with van der Waals surface area (Å²) in [5.41, 5.74) is 2.65. The van der Waals surface area contributed by atoms with Crippen LogP contribution in [0.5, 0.6) is 0 Å². The number of benzene rings is 1. The lowest BCUT2D eigenvalue weighted by molar-refractivity contribution is -0.129. The molecule has 1 aromatic carbocycles. The van der Waals surface area contributed by atoms with Gasteiger partial charge in [0.2, 0.25) is 5.91 Å². The van der Waals surface area contributed by atoms with E-state index in [1.54, 1.807) is 0 Å². The molecule has 2 unspecified atom stereocenters. The van der Waals surface area contributed by atoms with E-state index in [1.165, 1.54) is 11.1 Å². The summed E-state index contributed by atoms with van der Waals surface area (Å²) in [6.07, 6.45) is 1.81. The number of amides is 1. The highest BCUT2D eigenvalue weighted by atomic mass is 16.5. The van der Waals surface area contributed by atoms with Crippen molar-refractivity contribution in [2.75, 3.05) is 45.9 Å². The number of fused-ring (bicyclic) bond motifs is 1. The summed E-state index contributed by atoms with van der Waals surface area (Å²) in [4.78, 5) is 19.7. The molecule has 0 radical (unpaired) electrons. The quantitative estimate of drug-likeness (QED) is 0.812. The zero-order chi connectivity index (χ0) is 17.2. The molecule has 0 saturated carbocycles. The van der Waals surface area contributed by atoms with Gasteiger partial charge in [-0.1, -0.05) is 29.8 Å². The van der Waals surface area contributed by atoms with Crippen LogP contribution < -0.4 is 0 Å². The van der Waals surface area contributed by atoms with E-state index < -0.39 is 0 Å². The first-order valence-electron chi connectivity index (χ1n) is 9.60. The van der Waals surface area contributed by atoms with Crippen LogP contribution in [0.2, 0.25) is 0 Å². The lowest BCUT2D eigenvalue weighted by Crippen LogP contribution is -2.44. The van der Waals surface area contributed by atoms with Gasteiger partial charge in [-0.2, -0.15) is 0 Å². The summed E-state index contributed by atoms with van der Waals surface area (Å²) in [6.45, 7) is 9.68. The molecule has 0 spiro atoms. The van der Waals surface area contributed by atoms with Gasteiger partial charge in [-0.3, -0.25) is 14.6 Å². The average Bonchev–Trinajstić information content (AvgIpc) is 3.15. The van der Waals surface area contributed by atoms with Gasteiger partial charge in [-0.05, 0) is 18.9 Å². The van der Waals surface area contributed by atoms with Crippen molar-refractivity contribution in [3.05, 3.63) is 35.4 Å². The van der Waals surface area contributed by atoms with E-state index in [9.17, 15) is 4.79 Å². The van der Waals surface area contributed by atoms with Gasteiger partial charge in [0.05, 0.1) is 13.2 Å². The highest BCUT2D eigenvalue weighted by Crippen LogP contribution is 2.33. The first kappa shape index (κ1) is 17.0. The summed E-state index contributed by atoms with van der Waals surface area (Å²) in [6, 6.07) is 9.61. The Balaban J connectivity index is 1.34. The fraction of sp³-hybridized carbons (Fsp3) is 0.650. The SMILES string of the molecule is Cc1ccc(CN2CCC3C2CC(=O)N3CCN2CCOCC2)cc1. The average molecular weight is 343 g/mol. The summed E-state index contributed by atoms with van der Waals surface area (Å²) in [5.74, 6) is 0.344. The number of rotatable bonds is 5. The number of nitrogens with zero attached hydrogens (tertiary/aromatic N) is 3. The predicted octanol–water partition coefficient (Wildman–Crippen LogP) is 1.50. The summed E-state index contributed by atoms with van der Waals surface area (Å²) < 4.78 is 5.41. The molecule has 0 bridgehead atoms. The topological polar surface area (TPSA) is 36.0 Å². The monoisotopic (exact) mass is 343 g/mol. The van der Waals surface area contributed by atoms with E-state index in [4.69, 9.17) is 4.74 Å². The van der Waals surface area contributed by atoms with Crippen LogP contribution in [0.25, 0.3) is 0 Å². The Hall–Kier alpha value is -1.43. The van der Waals surface area contributed by atoms with Crippen molar-refractivity contribution in [3.8, 4) is 0 Å². The van der Waals surface area contributed by atoms with Gasteiger partial charge in [0.1, 0.15) is 0 Å². The maximum atomic E-state index is 12.6. The Morgan fingerprint density at radius 1 is 1.04 bits per heavy atom. The minimum atomic E-state index is 0.344. The van der Waals surface area contributed by atoms with Crippen LogP contribution in [-0.2, 0) is 16.1 Å². The second kappa shape index (κ2) is 7.44. The number of carbonyl (C=O) groups excluding carboxylic acids is 1. The van der Waals surface area contributed by atoms with E-state index in [0.29, 0.717) is 24.4 Å². The van der Waals surface area contributed by atoms with E-state index in [1.807, 2.05) is 0 Å². The number of morpholine rings is 1. The third-order valence-electron chi connectivity index (χ3n) is 6.00. The first-order valence-corrected chi connectivity index (χ1v) is 9.60. The third-order valence-corrected chi connectivity index (χ3v) is 6.00. The maximum Gasteiger partial charge on any atom is 0.224 e. The van der Waals surface area contributed by atoms with Gasteiger partial charge in [-0.15, -0.1) is 0 Å². The van der Waals surface area contributed by atoms with Gasteiger partial charge < -0.3 is 9.64 Å². The second-order valence-corrected chi connectivity index (χ2v) is 7.62. The molecule has 3 aliphatic rings. The number of likely N-dealkylation sites (tertiary alicyclic amines) is 2. The second-order valence-electron chi connectivity index (χ2n) is 7.62. The zero-order valence-corrected chi connectivity index (χ0v) is 15.2. The van der Waals surface area contributed by atoms with Crippen LogP contribution in [0.1, 0.15) is 24.0 Å². The summed E-state index contributed by atoms with van der Waals surface area (Å²) in [7, 11) is 0. The smallest absolute Gasteiger partial charge is 0.224 e. The molecule has 1 aromatic rings. The molecule has 3 fully saturated rings. The van der Waals surface area contributed by atoms with Gasteiger partial charge in [-0.25, -0.2) is 0 Å². The lowest BCUT2D eigenvalue weighted by Gasteiger charge is -2.30. The molecule has 5 heteroatoms.